The van der Waals surface area contributed by atoms with Crippen molar-refractivity contribution in [2.24, 2.45) is 11.1 Å². The topological polar surface area (TPSA) is 64.3 Å². The van der Waals surface area contributed by atoms with Crippen LogP contribution in [0.25, 0.3) is 0 Å². The molecule has 4 nitrogen and oxygen atoms in total. The molecule has 0 spiro atoms. The summed E-state index contributed by atoms with van der Waals surface area (Å²) in [5.41, 5.74) is 7.40. The predicted octanol–water partition coefficient (Wildman–Crippen LogP) is 2.14. The van der Waals surface area contributed by atoms with Crippen molar-refractivity contribution >= 4 is 11.6 Å². The molecule has 0 unspecified atom stereocenters. The fourth-order valence-corrected chi connectivity index (χ4v) is 1.52. The number of nitrogens with one attached hydrogen (secondary N) is 1. The first-order chi connectivity index (χ1) is 8.34. The van der Waals surface area contributed by atoms with Gasteiger partial charge in [0.25, 0.3) is 0 Å². The summed E-state index contributed by atoms with van der Waals surface area (Å²) < 4.78 is 5.05. The Morgan fingerprint density at radius 1 is 1.44 bits per heavy atom. The van der Waals surface area contributed by atoms with E-state index in [2.05, 4.69) is 5.32 Å². The molecule has 3 N–H and O–H groups in total. The van der Waals surface area contributed by atoms with Crippen molar-refractivity contribution in [3.63, 3.8) is 0 Å². The van der Waals surface area contributed by atoms with Crippen LogP contribution in [0.4, 0.5) is 5.69 Å². The second kappa shape index (κ2) is 5.98. The van der Waals surface area contributed by atoms with Gasteiger partial charge in [0.15, 0.2) is 0 Å². The summed E-state index contributed by atoms with van der Waals surface area (Å²) in [6.45, 7) is 6.35. The third-order valence-corrected chi connectivity index (χ3v) is 2.72. The SMILES string of the molecule is COCc1cccc(NC(=O)[C@H](N)C(C)(C)C)c1. The molecule has 0 bridgehead atoms. The van der Waals surface area contributed by atoms with Gasteiger partial charge in [-0.3, -0.25) is 4.79 Å². The van der Waals surface area contributed by atoms with Gasteiger partial charge in [-0.1, -0.05) is 32.9 Å². The Kier molecular flexibility index (Phi) is 4.87. The molecule has 0 radical (unpaired) electrons. The molecule has 1 aromatic rings. The number of carbonyl (C=O) groups is 1. The highest BCUT2D eigenvalue weighted by atomic mass is 16.5. The van der Waals surface area contributed by atoms with Gasteiger partial charge in [0.1, 0.15) is 0 Å². The van der Waals surface area contributed by atoms with Crippen LogP contribution in [0.3, 0.4) is 0 Å². The van der Waals surface area contributed by atoms with Gasteiger partial charge in [-0.25, -0.2) is 0 Å². The molecule has 100 valence electrons. The zero-order chi connectivity index (χ0) is 13.8. The number of amides is 1. The fourth-order valence-electron chi connectivity index (χ4n) is 1.52. The lowest BCUT2D eigenvalue weighted by Crippen LogP contribution is -2.45. The lowest BCUT2D eigenvalue weighted by molar-refractivity contribution is -0.119. The Bertz CT molecular complexity index is 411. The molecule has 4 heteroatoms. The number of hydrogen-bond donors (Lipinski definition) is 2. The van der Waals surface area contributed by atoms with Gasteiger partial charge < -0.3 is 15.8 Å². The van der Waals surface area contributed by atoms with E-state index in [0.29, 0.717) is 6.61 Å². The van der Waals surface area contributed by atoms with Crippen molar-refractivity contribution in [1.82, 2.24) is 0 Å². The Morgan fingerprint density at radius 2 is 2.11 bits per heavy atom. The lowest BCUT2D eigenvalue weighted by Gasteiger charge is -2.25. The summed E-state index contributed by atoms with van der Waals surface area (Å²) in [6, 6.07) is 7.02. The molecule has 18 heavy (non-hydrogen) atoms. The van der Waals surface area contributed by atoms with Crippen LogP contribution in [0.1, 0.15) is 26.3 Å². The number of ether oxygens (including phenoxy) is 1. The van der Waals surface area contributed by atoms with Crippen LogP contribution in [0.15, 0.2) is 24.3 Å². The first kappa shape index (κ1) is 14.7. The van der Waals surface area contributed by atoms with E-state index in [1.807, 2.05) is 45.0 Å². The molecule has 0 aliphatic carbocycles. The van der Waals surface area contributed by atoms with Gasteiger partial charge in [-0.2, -0.15) is 0 Å². The highest BCUT2D eigenvalue weighted by Gasteiger charge is 2.27. The molecule has 0 heterocycles. The van der Waals surface area contributed by atoms with E-state index in [1.54, 1.807) is 7.11 Å². The minimum absolute atomic E-state index is 0.169. The first-order valence-electron chi connectivity index (χ1n) is 5.99. The largest absolute Gasteiger partial charge is 0.380 e. The molecule has 1 rings (SSSR count). The van der Waals surface area contributed by atoms with Crippen LogP contribution in [-0.2, 0) is 16.1 Å². The average Bonchev–Trinajstić information content (AvgIpc) is 2.27. The fraction of sp³-hybridized carbons (Fsp3) is 0.500. The molecule has 0 saturated heterocycles. The number of rotatable bonds is 4. The maximum absolute atomic E-state index is 12.0. The van der Waals surface area contributed by atoms with Crippen molar-refractivity contribution in [2.75, 3.05) is 12.4 Å². The summed E-state index contributed by atoms with van der Waals surface area (Å²) >= 11 is 0. The second-order valence-corrected chi connectivity index (χ2v) is 5.47. The number of nitrogens with two attached hydrogens (primary N) is 1. The number of methoxy groups -OCH3 is 1. The molecule has 1 aromatic carbocycles. The summed E-state index contributed by atoms with van der Waals surface area (Å²) in [5, 5.41) is 2.83. The average molecular weight is 250 g/mol. The molecule has 0 saturated carbocycles. The third kappa shape index (κ3) is 4.13. The van der Waals surface area contributed by atoms with Gasteiger partial charge >= 0.3 is 0 Å². The van der Waals surface area contributed by atoms with Crippen LogP contribution in [0.2, 0.25) is 0 Å². The molecule has 1 atom stereocenters. The number of benzene rings is 1. The monoisotopic (exact) mass is 250 g/mol. The Balaban J connectivity index is 2.73. The molecule has 1 amide bonds. The predicted molar refractivity (Wildman–Crippen MR) is 73.2 cm³/mol. The van der Waals surface area contributed by atoms with Crippen LogP contribution in [0.5, 0.6) is 0 Å². The van der Waals surface area contributed by atoms with Crippen molar-refractivity contribution in [3.8, 4) is 0 Å². The summed E-state index contributed by atoms with van der Waals surface area (Å²) in [5.74, 6) is -0.169. The van der Waals surface area contributed by atoms with Gasteiger partial charge in [0.2, 0.25) is 5.91 Å². The minimum atomic E-state index is -0.538. The van der Waals surface area contributed by atoms with Crippen molar-refractivity contribution in [3.05, 3.63) is 29.8 Å². The molecule has 0 aromatic heterocycles. The van der Waals surface area contributed by atoms with Gasteiger partial charge in [0, 0.05) is 12.8 Å². The zero-order valence-electron chi connectivity index (χ0n) is 11.5. The Morgan fingerprint density at radius 3 is 2.67 bits per heavy atom. The van der Waals surface area contributed by atoms with E-state index in [-0.39, 0.29) is 11.3 Å². The molecule has 0 aliphatic rings. The van der Waals surface area contributed by atoms with Crippen molar-refractivity contribution in [1.29, 1.82) is 0 Å². The highest BCUT2D eigenvalue weighted by Crippen LogP contribution is 2.19. The lowest BCUT2D eigenvalue weighted by atomic mass is 9.87. The van der Waals surface area contributed by atoms with E-state index in [4.69, 9.17) is 10.5 Å². The summed E-state index contributed by atoms with van der Waals surface area (Å²) in [7, 11) is 1.64. The Hall–Kier alpha value is -1.39. The quantitative estimate of drug-likeness (QED) is 0.860. The third-order valence-electron chi connectivity index (χ3n) is 2.72. The molecular formula is C14H22N2O2. The molecule has 0 aliphatic heterocycles. The first-order valence-corrected chi connectivity index (χ1v) is 5.99. The minimum Gasteiger partial charge on any atom is -0.380 e. The van der Waals surface area contributed by atoms with Crippen LogP contribution < -0.4 is 11.1 Å². The standard InChI is InChI=1S/C14H22N2O2/c1-14(2,3)12(15)13(17)16-11-7-5-6-10(8-11)9-18-4/h5-8,12H,9,15H2,1-4H3,(H,16,17)/t12-/m0/s1. The molecule has 0 fully saturated rings. The maximum atomic E-state index is 12.0. The number of hydrogen-bond acceptors (Lipinski definition) is 3. The van der Waals surface area contributed by atoms with Crippen LogP contribution in [0, 0.1) is 5.41 Å². The Labute approximate surface area is 109 Å². The van der Waals surface area contributed by atoms with Gasteiger partial charge in [-0.05, 0) is 23.1 Å². The number of anilines is 1. The van der Waals surface area contributed by atoms with Gasteiger partial charge in [-0.15, -0.1) is 0 Å². The molecular weight excluding hydrogens is 228 g/mol. The van der Waals surface area contributed by atoms with E-state index in [9.17, 15) is 4.79 Å². The number of carbonyl (C=O) groups excluding carboxylic acids is 1. The normalized spacial score (nSPS) is 13.2. The van der Waals surface area contributed by atoms with E-state index in [0.717, 1.165) is 11.3 Å². The van der Waals surface area contributed by atoms with E-state index < -0.39 is 6.04 Å². The zero-order valence-corrected chi connectivity index (χ0v) is 11.5. The summed E-state index contributed by atoms with van der Waals surface area (Å²) in [6.07, 6.45) is 0. The highest BCUT2D eigenvalue weighted by molar-refractivity contribution is 5.95. The van der Waals surface area contributed by atoms with E-state index in [1.165, 1.54) is 0 Å². The van der Waals surface area contributed by atoms with E-state index >= 15 is 0 Å². The van der Waals surface area contributed by atoms with Crippen LogP contribution >= 0.6 is 0 Å². The van der Waals surface area contributed by atoms with Gasteiger partial charge in [0.05, 0.1) is 12.6 Å². The smallest absolute Gasteiger partial charge is 0.241 e. The van der Waals surface area contributed by atoms with Crippen molar-refractivity contribution < 1.29 is 9.53 Å². The van der Waals surface area contributed by atoms with Crippen molar-refractivity contribution in [2.45, 2.75) is 33.4 Å². The summed E-state index contributed by atoms with van der Waals surface area (Å²) in [4.78, 5) is 12.0. The second-order valence-electron chi connectivity index (χ2n) is 5.47. The van der Waals surface area contributed by atoms with Crippen LogP contribution in [-0.4, -0.2) is 19.1 Å². The maximum Gasteiger partial charge on any atom is 0.241 e.